The first-order chi connectivity index (χ1) is 10.2. The van der Waals surface area contributed by atoms with E-state index in [4.69, 9.17) is 0 Å². The van der Waals surface area contributed by atoms with E-state index in [2.05, 4.69) is 15.5 Å². The van der Waals surface area contributed by atoms with Crippen molar-refractivity contribution in [3.8, 4) is 0 Å². The van der Waals surface area contributed by atoms with Crippen LogP contribution in [0, 0.1) is 0 Å². The number of hydrogen-bond donors (Lipinski definition) is 2. The van der Waals surface area contributed by atoms with E-state index in [-0.39, 0.29) is 29.6 Å². The predicted molar refractivity (Wildman–Crippen MR) is 75.9 cm³/mol. The van der Waals surface area contributed by atoms with Gasteiger partial charge < -0.3 is 10.2 Å². The first-order valence-electron chi connectivity index (χ1n) is 6.70. The number of amides is 2. The van der Waals surface area contributed by atoms with Crippen molar-refractivity contribution in [2.24, 2.45) is 0 Å². The molecule has 1 aromatic heterocycles. The van der Waals surface area contributed by atoms with Crippen molar-refractivity contribution < 1.29 is 9.59 Å². The highest BCUT2D eigenvalue weighted by Crippen LogP contribution is 2.15. The van der Waals surface area contributed by atoms with E-state index in [0.717, 1.165) is 0 Å². The maximum Gasteiger partial charge on any atom is 0.275 e. The van der Waals surface area contributed by atoms with Gasteiger partial charge in [-0.15, -0.1) is 0 Å². The maximum atomic E-state index is 12.6. The standard InChI is InChI=1S/C14H14N4O3/c19-11-8-18(7-3-6-15-11)14(21)12-9-4-1-2-5-10(9)13(20)17-16-12/h1-2,4-5H,3,6-8H2,(H,15,19)(H,17,20). The molecule has 2 aromatic rings. The monoisotopic (exact) mass is 286 g/mol. The van der Waals surface area contributed by atoms with Crippen molar-refractivity contribution in [1.29, 1.82) is 0 Å². The van der Waals surface area contributed by atoms with Crippen LogP contribution in [0.15, 0.2) is 29.1 Å². The molecule has 1 aliphatic rings. The van der Waals surface area contributed by atoms with Gasteiger partial charge in [-0.05, 0) is 12.5 Å². The van der Waals surface area contributed by atoms with E-state index in [1.54, 1.807) is 24.3 Å². The van der Waals surface area contributed by atoms with E-state index >= 15 is 0 Å². The minimum atomic E-state index is -0.348. The third kappa shape index (κ3) is 2.49. The highest BCUT2D eigenvalue weighted by atomic mass is 16.2. The number of nitrogens with one attached hydrogen (secondary N) is 2. The molecule has 0 saturated carbocycles. The zero-order valence-corrected chi connectivity index (χ0v) is 11.3. The number of nitrogens with zero attached hydrogens (tertiary/aromatic N) is 2. The Kier molecular flexibility index (Phi) is 3.39. The first kappa shape index (κ1) is 13.3. The molecule has 0 bridgehead atoms. The molecule has 1 fully saturated rings. The van der Waals surface area contributed by atoms with Gasteiger partial charge in [0, 0.05) is 18.5 Å². The second-order valence-electron chi connectivity index (χ2n) is 4.88. The summed E-state index contributed by atoms with van der Waals surface area (Å²) in [6.07, 6.45) is 0.693. The molecule has 21 heavy (non-hydrogen) atoms. The molecular formula is C14H14N4O3. The van der Waals surface area contributed by atoms with Gasteiger partial charge in [-0.1, -0.05) is 18.2 Å². The van der Waals surface area contributed by atoms with Crippen LogP contribution in [-0.2, 0) is 4.79 Å². The number of H-pyrrole nitrogens is 1. The Bertz CT molecular complexity index is 768. The van der Waals surface area contributed by atoms with Gasteiger partial charge in [0.1, 0.15) is 0 Å². The van der Waals surface area contributed by atoms with Gasteiger partial charge in [0.05, 0.1) is 11.9 Å². The molecule has 0 atom stereocenters. The Morgan fingerprint density at radius 3 is 2.76 bits per heavy atom. The largest absolute Gasteiger partial charge is 0.354 e. The lowest BCUT2D eigenvalue weighted by Crippen LogP contribution is -2.38. The van der Waals surface area contributed by atoms with Crippen molar-refractivity contribution in [2.45, 2.75) is 6.42 Å². The third-order valence-electron chi connectivity index (χ3n) is 3.45. The summed E-state index contributed by atoms with van der Waals surface area (Å²) in [5, 5.41) is 9.84. The average molecular weight is 286 g/mol. The summed E-state index contributed by atoms with van der Waals surface area (Å²) in [5.41, 5.74) is -0.171. The molecule has 0 unspecified atom stereocenters. The normalized spacial score (nSPS) is 15.6. The lowest BCUT2D eigenvalue weighted by molar-refractivity contribution is -0.121. The maximum absolute atomic E-state index is 12.6. The zero-order chi connectivity index (χ0) is 14.8. The second kappa shape index (κ2) is 5.35. The van der Waals surface area contributed by atoms with E-state index in [0.29, 0.717) is 30.3 Å². The lowest BCUT2D eigenvalue weighted by atomic mass is 10.1. The molecule has 3 rings (SSSR count). The smallest absolute Gasteiger partial charge is 0.275 e. The highest BCUT2D eigenvalue weighted by Gasteiger charge is 2.24. The van der Waals surface area contributed by atoms with E-state index < -0.39 is 0 Å². The molecule has 7 heteroatoms. The molecule has 2 N–H and O–H groups in total. The number of benzene rings is 1. The summed E-state index contributed by atoms with van der Waals surface area (Å²) in [4.78, 5) is 37.3. The van der Waals surface area contributed by atoms with Crippen LogP contribution >= 0.6 is 0 Å². The molecular weight excluding hydrogens is 272 g/mol. The van der Waals surface area contributed by atoms with Gasteiger partial charge in [0.15, 0.2) is 5.69 Å². The molecule has 0 radical (unpaired) electrons. The van der Waals surface area contributed by atoms with Gasteiger partial charge >= 0.3 is 0 Å². The number of fused-ring (bicyclic) bond motifs is 1. The van der Waals surface area contributed by atoms with Gasteiger partial charge in [0.25, 0.3) is 11.5 Å². The molecule has 1 aromatic carbocycles. The fraction of sp³-hybridized carbons (Fsp3) is 0.286. The van der Waals surface area contributed by atoms with E-state index in [1.165, 1.54) is 4.90 Å². The van der Waals surface area contributed by atoms with Crippen molar-refractivity contribution in [2.75, 3.05) is 19.6 Å². The number of carbonyl (C=O) groups excluding carboxylic acids is 2. The molecule has 2 heterocycles. The number of rotatable bonds is 1. The third-order valence-corrected chi connectivity index (χ3v) is 3.45. The fourth-order valence-corrected chi connectivity index (χ4v) is 2.41. The molecule has 0 spiro atoms. The fourth-order valence-electron chi connectivity index (χ4n) is 2.41. The van der Waals surface area contributed by atoms with Crippen LogP contribution in [0.25, 0.3) is 10.8 Å². The molecule has 2 amide bonds. The minimum absolute atomic E-state index is 0.00790. The summed E-state index contributed by atoms with van der Waals surface area (Å²) in [6.45, 7) is 1.04. The molecule has 1 saturated heterocycles. The van der Waals surface area contributed by atoms with Crippen molar-refractivity contribution in [3.05, 3.63) is 40.3 Å². The minimum Gasteiger partial charge on any atom is -0.354 e. The van der Waals surface area contributed by atoms with E-state index in [9.17, 15) is 14.4 Å². The van der Waals surface area contributed by atoms with Crippen molar-refractivity contribution in [3.63, 3.8) is 0 Å². The van der Waals surface area contributed by atoms with Gasteiger partial charge in [-0.2, -0.15) is 5.10 Å². The Morgan fingerprint density at radius 2 is 1.95 bits per heavy atom. The summed E-state index contributed by atoms with van der Waals surface area (Å²) in [6, 6.07) is 6.80. The number of carbonyl (C=O) groups is 2. The molecule has 7 nitrogen and oxygen atoms in total. The van der Waals surface area contributed by atoms with Crippen LogP contribution in [0.4, 0.5) is 0 Å². The van der Waals surface area contributed by atoms with Crippen molar-refractivity contribution >= 4 is 22.6 Å². The van der Waals surface area contributed by atoms with E-state index in [1.807, 2.05) is 0 Å². The van der Waals surface area contributed by atoms with Crippen LogP contribution in [0.5, 0.6) is 0 Å². The molecule has 1 aliphatic heterocycles. The van der Waals surface area contributed by atoms with Crippen LogP contribution in [0.2, 0.25) is 0 Å². The summed E-state index contributed by atoms with van der Waals surface area (Å²) >= 11 is 0. The number of aromatic nitrogens is 2. The van der Waals surface area contributed by atoms with Gasteiger partial charge in [-0.3, -0.25) is 14.4 Å². The topological polar surface area (TPSA) is 95.2 Å². The van der Waals surface area contributed by atoms with Gasteiger partial charge in [0.2, 0.25) is 5.91 Å². The van der Waals surface area contributed by atoms with Gasteiger partial charge in [-0.25, -0.2) is 5.10 Å². The van der Waals surface area contributed by atoms with Crippen LogP contribution in [-0.4, -0.2) is 46.5 Å². The van der Waals surface area contributed by atoms with Crippen LogP contribution < -0.4 is 10.9 Å². The van der Waals surface area contributed by atoms with Crippen molar-refractivity contribution in [1.82, 2.24) is 20.4 Å². The summed E-state index contributed by atoms with van der Waals surface area (Å²) in [7, 11) is 0. The molecule has 0 aliphatic carbocycles. The summed E-state index contributed by atoms with van der Waals surface area (Å²) in [5.74, 6) is -0.533. The molecule has 108 valence electrons. The number of aromatic amines is 1. The Labute approximate surface area is 119 Å². The SMILES string of the molecule is O=C1CN(C(=O)c2n[nH]c(=O)c3ccccc23)CCCN1. The Balaban J connectivity index is 2.03. The van der Waals surface area contributed by atoms with Crippen LogP contribution in [0.1, 0.15) is 16.9 Å². The lowest BCUT2D eigenvalue weighted by Gasteiger charge is -2.18. The predicted octanol–water partition coefficient (Wildman–Crippen LogP) is -0.115. The Morgan fingerprint density at radius 1 is 1.19 bits per heavy atom. The van der Waals surface area contributed by atoms with Crippen LogP contribution in [0.3, 0.4) is 0 Å². The highest BCUT2D eigenvalue weighted by molar-refractivity contribution is 6.05. The first-order valence-corrected chi connectivity index (χ1v) is 6.70. The number of hydrogen-bond acceptors (Lipinski definition) is 4. The second-order valence-corrected chi connectivity index (χ2v) is 4.88. The average Bonchev–Trinajstić information content (AvgIpc) is 2.72. The summed E-state index contributed by atoms with van der Waals surface area (Å²) < 4.78 is 0. The quantitative estimate of drug-likeness (QED) is 0.764. The Hall–Kier alpha value is -2.70. The zero-order valence-electron chi connectivity index (χ0n) is 11.3.